The number of rotatable bonds is 3. The van der Waals surface area contributed by atoms with Gasteiger partial charge < -0.3 is 19.9 Å². The van der Waals surface area contributed by atoms with Gasteiger partial charge >= 0.3 is 5.97 Å². The van der Waals surface area contributed by atoms with E-state index in [9.17, 15) is 4.79 Å². The zero-order chi connectivity index (χ0) is 11.7. The lowest BCUT2D eigenvalue weighted by Gasteiger charge is -2.26. The van der Waals surface area contributed by atoms with Crippen LogP contribution in [-0.4, -0.2) is 44.5 Å². The van der Waals surface area contributed by atoms with Crippen molar-refractivity contribution in [2.75, 3.05) is 26.4 Å². The second-order valence-electron chi connectivity index (χ2n) is 2.76. The van der Waals surface area contributed by atoms with Gasteiger partial charge in [0.2, 0.25) is 0 Å². The van der Waals surface area contributed by atoms with Crippen molar-refractivity contribution in [3.05, 3.63) is 0 Å². The third-order valence-electron chi connectivity index (χ3n) is 1.80. The summed E-state index contributed by atoms with van der Waals surface area (Å²) >= 11 is 0. The lowest BCUT2D eigenvalue weighted by Crippen LogP contribution is -2.49. The van der Waals surface area contributed by atoms with Crippen LogP contribution in [0.5, 0.6) is 0 Å². The van der Waals surface area contributed by atoms with Crippen LogP contribution >= 0.6 is 0 Å². The van der Waals surface area contributed by atoms with E-state index in [1.165, 1.54) is 0 Å². The molecule has 1 aliphatic rings. The molecule has 2 atom stereocenters. The number of hydrogen-bond donors (Lipinski definition) is 1. The first-order valence-electron chi connectivity index (χ1n) is 5.37. The van der Waals surface area contributed by atoms with Gasteiger partial charge in [-0.2, -0.15) is 0 Å². The summed E-state index contributed by atoms with van der Waals surface area (Å²) in [5, 5.41) is 0. The molecule has 0 aromatic carbocycles. The highest BCUT2D eigenvalue weighted by Gasteiger charge is 2.28. The van der Waals surface area contributed by atoms with Crippen molar-refractivity contribution in [1.29, 1.82) is 0 Å². The highest BCUT2D eigenvalue weighted by atomic mass is 16.6. The maximum Gasteiger partial charge on any atom is 0.325 e. The molecular formula is C10H21NO4. The van der Waals surface area contributed by atoms with Crippen LogP contribution in [0, 0.1) is 0 Å². The van der Waals surface area contributed by atoms with Gasteiger partial charge in [-0.15, -0.1) is 0 Å². The Kier molecular flexibility index (Phi) is 8.27. The lowest BCUT2D eigenvalue weighted by molar-refractivity contribution is -0.155. The van der Waals surface area contributed by atoms with Crippen molar-refractivity contribution < 1.29 is 19.0 Å². The summed E-state index contributed by atoms with van der Waals surface area (Å²) < 4.78 is 15.1. The molecule has 1 saturated heterocycles. The van der Waals surface area contributed by atoms with Gasteiger partial charge in [0, 0.05) is 0 Å². The highest BCUT2D eigenvalue weighted by Crippen LogP contribution is 2.05. The third-order valence-corrected chi connectivity index (χ3v) is 1.80. The van der Waals surface area contributed by atoms with Crippen LogP contribution < -0.4 is 5.73 Å². The Morgan fingerprint density at radius 1 is 1.53 bits per heavy atom. The number of nitrogens with two attached hydrogens (primary N) is 1. The van der Waals surface area contributed by atoms with Crippen LogP contribution in [0.15, 0.2) is 0 Å². The average Bonchev–Trinajstić information content (AvgIpc) is 2.32. The second kappa shape index (κ2) is 8.64. The van der Waals surface area contributed by atoms with Crippen LogP contribution in [0.1, 0.15) is 20.8 Å². The van der Waals surface area contributed by atoms with Gasteiger partial charge in [-0.1, -0.05) is 13.8 Å². The van der Waals surface area contributed by atoms with Crippen molar-refractivity contribution in [2.45, 2.75) is 32.9 Å². The third kappa shape index (κ3) is 5.11. The zero-order valence-electron chi connectivity index (χ0n) is 9.69. The molecule has 1 fully saturated rings. The zero-order valence-corrected chi connectivity index (χ0v) is 9.69. The topological polar surface area (TPSA) is 70.8 Å². The molecule has 0 bridgehead atoms. The van der Waals surface area contributed by atoms with Crippen LogP contribution in [0.3, 0.4) is 0 Å². The number of hydrogen-bond acceptors (Lipinski definition) is 5. The van der Waals surface area contributed by atoms with Gasteiger partial charge in [0.1, 0.15) is 12.1 Å². The normalized spacial score (nSPS) is 22.3. The van der Waals surface area contributed by atoms with Crippen molar-refractivity contribution in [2.24, 2.45) is 5.73 Å². The van der Waals surface area contributed by atoms with Gasteiger partial charge in [0.25, 0.3) is 0 Å². The van der Waals surface area contributed by atoms with E-state index in [2.05, 4.69) is 0 Å². The molecule has 1 aliphatic heterocycles. The first-order chi connectivity index (χ1) is 7.25. The van der Waals surface area contributed by atoms with Gasteiger partial charge in [-0.3, -0.25) is 4.79 Å². The van der Waals surface area contributed by atoms with Crippen LogP contribution in [-0.2, 0) is 19.0 Å². The molecule has 2 N–H and O–H groups in total. The molecule has 5 heteroatoms. The predicted octanol–water partition coefficient (Wildman–Crippen LogP) is 0.318. The molecule has 0 saturated carbocycles. The predicted molar refractivity (Wildman–Crippen MR) is 56.5 cm³/mol. The number of carbonyl (C=O) groups is 1. The molecule has 0 aromatic heterocycles. The maximum absolute atomic E-state index is 11.2. The Morgan fingerprint density at radius 2 is 2.20 bits per heavy atom. The lowest BCUT2D eigenvalue weighted by atomic mass is 10.2. The minimum atomic E-state index is -0.736. The first kappa shape index (κ1) is 14.3. The van der Waals surface area contributed by atoms with Crippen molar-refractivity contribution in [3.63, 3.8) is 0 Å². The molecule has 0 aliphatic carbocycles. The molecule has 1 heterocycles. The summed E-state index contributed by atoms with van der Waals surface area (Å²) in [6.07, 6.45) is -0.368. The molecule has 5 nitrogen and oxygen atoms in total. The minimum Gasteiger partial charge on any atom is -0.465 e. The maximum atomic E-state index is 11.2. The molecule has 0 aromatic rings. The number of carbonyl (C=O) groups excluding carboxylic acids is 1. The van der Waals surface area contributed by atoms with Crippen molar-refractivity contribution >= 4 is 5.97 Å². The van der Waals surface area contributed by atoms with E-state index in [0.717, 1.165) is 0 Å². The Morgan fingerprint density at radius 3 is 2.67 bits per heavy atom. The Labute approximate surface area is 90.9 Å². The van der Waals surface area contributed by atoms with Gasteiger partial charge in [0.15, 0.2) is 0 Å². The van der Waals surface area contributed by atoms with Crippen molar-refractivity contribution in [3.8, 4) is 0 Å². The summed E-state index contributed by atoms with van der Waals surface area (Å²) in [7, 11) is 0. The molecule has 1 rings (SSSR count). The fourth-order valence-electron chi connectivity index (χ4n) is 1.10. The minimum absolute atomic E-state index is 0.333. The molecule has 15 heavy (non-hydrogen) atoms. The van der Waals surface area contributed by atoms with Gasteiger partial charge in [-0.05, 0) is 6.92 Å². The number of ether oxygens (including phenoxy) is 3. The summed E-state index contributed by atoms with van der Waals surface area (Å²) in [5.74, 6) is -0.432. The van der Waals surface area contributed by atoms with Gasteiger partial charge in [-0.25, -0.2) is 0 Å². The summed E-state index contributed by atoms with van der Waals surface area (Å²) in [6.45, 7) is 7.48. The fraction of sp³-hybridized carbons (Fsp3) is 0.900. The average molecular weight is 219 g/mol. The Balaban J connectivity index is 0.000000921. The molecule has 0 radical (unpaired) electrons. The largest absolute Gasteiger partial charge is 0.465 e. The quantitative estimate of drug-likeness (QED) is 0.692. The highest BCUT2D eigenvalue weighted by molar-refractivity contribution is 5.76. The van der Waals surface area contributed by atoms with E-state index in [4.69, 9.17) is 19.9 Å². The molecule has 0 spiro atoms. The molecule has 0 amide bonds. The molecule has 2 unspecified atom stereocenters. The van der Waals surface area contributed by atoms with Gasteiger partial charge in [0.05, 0.1) is 26.4 Å². The molecule has 90 valence electrons. The first-order valence-corrected chi connectivity index (χ1v) is 5.37. The van der Waals surface area contributed by atoms with E-state index in [1.54, 1.807) is 6.92 Å². The van der Waals surface area contributed by atoms with E-state index in [-0.39, 0.29) is 6.10 Å². The standard InChI is InChI=1S/C8H15NO4.C2H6/c1-2-12-8(10)7(9)6-5-11-3-4-13-6;1-2/h6-7H,2-5,9H2,1H3;1-2H3. The van der Waals surface area contributed by atoms with Crippen molar-refractivity contribution in [1.82, 2.24) is 0 Å². The van der Waals surface area contributed by atoms with E-state index >= 15 is 0 Å². The van der Waals surface area contributed by atoms with Crippen LogP contribution in [0.2, 0.25) is 0 Å². The van der Waals surface area contributed by atoms with E-state index < -0.39 is 12.0 Å². The monoisotopic (exact) mass is 219 g/mol. The fourth-order valence-corrected chi connectivity index (χ4v) is 1.10. The summed E-state index contributed by atoms with van der Waals surface area (Å²) in [6, 6.07) is -0.736. The second-order valence-corrected chi connectivity index (χ2v) is 2.76. The van der Waals surface area contributed by atoms with E-state index in [1.807, 2.05) is 13.8 Å². The number of esters is 1. The summed E-state index contributed by atoms with van der Waals surface area (Å²) in [4.78, 5) is 11.2. The van der Waals surface area contributed by atoms with Crippen LogP contribution in [0.4, 0.5) is 0 Å². The smallest absolute Gasteiger partial charge is 0.325 e. The molecular weight excluding hydrogens is 198 g/mol. The SMILES string of the molecule is CC.CCOC(=O)C(N)C1COCCO1. The Hall–Kier alpha value is -0.650. The van der Waals surface area contributed by atoms with Crippen LogP contribution in [0.25, 0.3) is 0 Å². The summed E-state index contributed by atoms with van der Waals surface area (Å²) in [5.41, 5.74) is 5.60. The van der Waals surface area contributed by atoms with E-state index in [0.29, 0.717) is 26.4 Å². The Bertz CT molecular complexity index is 169.